The number of carboxylic acid groups (broad SMARTS) is 1. The third-order valence-corrected chi connectivity index (χ3v) is 4.42. The molecule has 0 bridgehead atoms. The van der Waals surface area contributed by atoms with E-state index in [2.05, 4.69) is 29.2 Å². The van der Waals surface area contributed by atoms with E-state index in [0.717, 1.165) is 25.9 Å². The van der Waals surface area contributed by atoms with Gasteiger partial charge in [-0.05, 0) is 66.3 Å². The smallest absolute Gasteiger partial charge is 0.323 e. The Morgan fingerprint density at radius 2 is 2.15 bits per heavy atom. The highest BCUT2D eigenvalue weighted by atomic mass is 16.4. The van der Waals surface area contributed by atoms with Crippen LogP contribution >= 0.6 is 0 Å². The van der Waals surface area contributed by atoms with Crippen LogP contribution < -0.4 is 5.32 Å². The molecular formula is C15H31N3O2. The third-order valence-electron chi connectivity index (χ3n) is 4.42. The average molecular weight is 285 g/mol. The van der Waals surface area contributed by atoms with Crippen molar-refractivity contribution in [1.29, 1.82) is 0 Å². The van der Waals surface area contributed by atoms with E-state index >= 15 is 0 Å². The van der Waals surface area contributed by atoms with E-state index in [9.17, 15) is 9.90 Å². The van der Waals surface area contributed by atoms with Crippen LogP contribution in [-0.4, -0.2) is 72.7 Å². The lowest BCUT2D eigenvalue weighted by Gasteiger charge is -2.26. The minimum absolute atomic E-state index is 0.682. The zero-order valence-corrected chi connectivity index (χ0v) is 13.5. The van der Waals surface area contributed by atoms with Gasteiger partial charge in [0.15, 0.2) is 0 Å². The minimum Gasteiger partial charge on any atom is -0.480 e. The molecule has 1 aliphatic rings. The van der Waals surface area contributed by atoms with E-state index in [0.29, 0.717) is 19.0 Å². The van der Waals surface area contributed by atoms with E-state index in [-0.39, 0.29) is 0 Å². The molecular weight excluding hydrogens is 254 g/mol. The van der Waals surface area contributed by atoms with Gasteiger partial charge in [-0.15, -0.1) is 0 Å². The van der Waals surface area contributed by atoms with Crippen molar-refractivity contribution >= 4 is 5.97 Å². The summed E-state index contributed by atoms with van der Waals surface area (Å²) >= 11 is 0. The van der Waals surface area contributed by atoms with Crippen LogP contribution in [0.25, 0.3) is 0 Å². The Balaban J connectivity index is 2.23. The zero-order chi connectivity index (χ0) is 15.2. The number of rotatable bonds is 9. The molecule has 0 amide bonds. The second-order valence-electron chi connectivity index (χ2n) is 6.33. The average Bonchev–Trinajstić information content (AvgIpc) is 2.84. The van der Waals surface area contributed by atoms with Crippen molar-refractivity contribution in [1.82, 2.24) is 15.1 Å². The Kier molecular flexibility index (Phi) is 6.92. The molecule has 1 aliphatic heterocycles. The number of carbonyl (C=O) groups is 1. The van der Waals surface area contributed by atoms with E-state index in [1.807, 2.05) is 6.92 Å². The lowest BCUT2D eigenvalue weighted by Crippen LogP contribution is -2.49. The first-order valence-electron chi connectivity index (χ1n) is 7.76. The molecule has 0 spiro atoms. The van der Waals surface area contributed by atoms with E-state index in [1.165, 1.54) is 13.0 Å². The van der Waals surface area contributed by atoms with Gasteiger partial charge in [0.05, 0.1) is 0 Å². The Labute approximate surface area is 123 Å². The highest BCUT2D eigenvalue weighted by Crippen LogP contribution is 2.17. The maximum Gasteiger partial charge on any atom is 0.323 e. The summed E-state index contributed by atoms with van der Waals surface area (Å²) in [6.07, 6.45) is 3.98. The highest BCUT2D eigenvalue weighted by Gasteiger charge is 2.31. The second-order valence-corrected chi connectivity index (χ2v) is 6.33. The fourth-order valence-electron chi connectivity index (χ4n) is 2.91. The van der Waals surface area contributed by atoms with Gasteiger partial charge in [-0.3, -0.25) is 4.79 Å². The monoisotopic (exact) mass is 285 g/mol. The number of hydrogen-bond donors (Lipinski definition) is 2. The minimum atomic E-state index is -0.772. The Bertz CT molecular complexity index is 309. The van der Waals surface area contributed by atoms with Crippen LogP contribution in [-0.2, 0) is 4.79 Å². The predicted octanol–water partition coefficient (Wildman–Crippen LogP) is 1.25. The standard InChI is InChI=1S/C15H31N3O2/c1-5-16-15(2,14(19)20)9-6-7-10-18-11-8-13(12-18)17(3)4/h13,16H,5-12H2,1-4H3,(H,19,20). The number of nitrogens with one attached hydrogen (secondary N) is 1. The Morgan fingerprint density at radius 3 is 2.65 bits per heavy atom. The largest absolute Gasteiger partial charge is 0.480 e. The molecule has 2 N–H and O–H groups in total. The fourth-order valence-corrected chi connectivity index (χ4v) is 2.91. The van der Waals surface area contributed by atoms with Crippen molar-refractivity contribution in [3.8, 4) is 0 Å². The molecule has 1 heterocycles. The van der Waals surface area contributed by atoms with Gasteiger partial charge in [0.1, 0.15) is 5.54 Å². The van der Waals surface area contributed by atoms with Crippen LogP contribution in [0.15, 0.2) is 0 Å². The quantitative estimate of drug-likeness (QED) is 0.624. The van der Waals surface area contributed by atoms with Gasteiger partial charge in [-0.1, -0.05) is 6.92 Å². The number of hydrogen-bond acceptors (Lipinski definition) is 4. The number of aliphatic carboxylic acids is 1. The summed E-state index contributed by atoms with van der Waals surface area (Å²) in [7, 11) is 4.28. The molecule has 2 unspecified atom stereocenters. The molecule has 0 aromatic heterocycles. The van der Waals surface area contributed by atoms with Crippen LogP contribution in [0.2, 0.25) is 0 Å². The number of nitrogens with zero attached hydrogens (tertiary/aromatic N) is 2. The second kappa shape index (κ2) is 7.96. The van der Waals surface area contributed by atoms with Crippen molar-refractivity contribution in [3.05, 3.63) is 0 Å². The molecule has 0 saturated carbocycles. The number of unbranched alkanes of at least 4 members (excludes halogenated alkanes) is 1. The predicted molar refractivity (Wildman–Crippen MR) is 82.1 cm³/mol. The summed E-state index contributed by atoms with van der Waals surface area (Å²) in [6, 6.07) is 0.682. The van der Waals surface area contributed by atoms with Crippen LogP contribution in [0, 0.1) is 0 Å². The molecule has 0 aromatic rings. The van der Waals surface area contributed by atoms with Gasteiger partial charge in [0.25, 0.3) is 0 Å². The summed E-state index contributed by atoms with van der Waals surface area (Å²) in [5.41, 5.74) is -0.772. The Morgan fingerprint density at radius 1 is 1.45 bits per heavy atom. The molecule has 118 valence electrons. The lowest BCUT2D eigenvalue weighted by atomic mass is 9.95. The molecule has 2 atom stereocenters. The van der Waals surface area contributed by atoms with Crippen molar-refractivity contribution in [2.75, 3.05) is 40.3 Å². The molecule has 0 radical (unpaired) electrons. The molecule has 5 heteroatoms. The molecule has 0 aliphatic carbocycles. The van der Waals surface area contributed by atoms with Crippen molar-refractivity contribution < 1.29 is 9.90 Å². The maximum atomic E-state index is 11.3. The van der Waals surface area contributed by atoms with E-state index < -0.39 is 11.5 Å². The Hall–Kier alpha value is -0.650. The molecule has 1 rings (SSSR count). The number of carboxylic acids is 1. The molecule has 1 fully saturated rings. The summed E-state index contributed by atoms with van der Waals surface area (Å²) < 4.78 is 0. The van der Waals surface area contributed by atoms with Crippen molar-refractivity contribution in [2.24, 2.45) is 0 Å². The van der Waals surface area contributed by atoms with E-state index in [4.69, 9.17) is 0 Å². The lowest BCUT2D eigenvalue weighted by molar-refractivity contribution is -0.144. The molecule has 20 heavy (non-hydrogen) atoms. The van der Waals surface area contributed by atoms with E-state index in [1.54, 1.807) is 6.92 Å². The summed E-state index contributed by atoms with van der Waals surface area (Å²) in [6.45, 7) is 7.85. The molecule has 5 nitrogen and oxygen atoms in total. The first-order valence-corrected chi connectivity index (χ1v) is 7.76. The zero-order valence-electron chi connectivity index (χ0n) is 13.5. The number of likely N-dealkylation sites (N-methyl/N-ethyl adjacent to an activating group) is 2. The van der Waals surface area contributed by atoms with Gasteiger partial charge >= 0.3 is 5.97 Å². The summed E-state index contributed by atoms with van der Waals surface area (Å²) in [5, 5.41) is 12.4. The number of likely N-dealkylation sites (tertiary alicyclic amines) is 1. The topological polar surface area (TPSA) is 55.8 Å². The first kappa shape index (κ1) is 17.4. The normalized spacial score (nSPS) is 23.1. The van der Waals surface area contributed by atoms with Crippen LogP contribution in [0.1, 0.15) is 39.5 Å². The summed E-state index contributed by atoms with van der Waals surface area (Å²) in [4.78, 5) is 16.1. The van der Waals surface area contributed by atoms with Crippen LogP contribution in [0.4, 0.5) is 0 Å². The van der Waals surface area contributed by atoms with Gasteiger partial charge in [-0.25, -0.2) is 0 Å². The van der Waals surface area contributed by atoms with Crippen LogP contribution in [0.3, 0.4) is 0 Å². The van der Waals surface area contributed by atoms with Gasteiger partial charge in [0, 0.05) is 12.6 Å². The summed E-state index contributed by atoms with van der Waals surface area (Å²) in [5.74, 6) is -0.742. The molecule has 0 aromatic carbocycles. The maximum absolute atomic E-state index is 11.3. The third kappa shape index (κ3) is 5.04. The van der Waals surface area contributed by atoms with Gasteiger partial charge in [0.2, 0.25) is 0 Å². The first-order chi connectivity index (χ1) is 9.39. The fraction of sp³-hybridized carbons (Fsp3) is 0.933. The van der Waals surface area contributed by atoms with Gasteiger partial charge in [-0.2, -0.15) is 0 Å². The molecule has 1 saturated heterocycles. The van der Waals surface area contributed by atoms with Crippen molar-refractivity contribution in [2.45, 2.75) is 51.1 Å². The SMILES string of the molecule is CCNC(C)(CCCCN1CCC(N(C)C)C1)C(=O)O. The van der Waals surface area contributed by atoms with Crippen LogP contribution in [0.5, 0.6) is 0 Å². The highest BCUT2D eigenvalue weighted by molar-refractivity contribution is 5.78. The van der Waals surface area contributed by atoms with Gasteiger partial charge < -0.3 is 20.2 Å². The van der Waals surface area contributed by atoms with Crippen molar-refractivity contribution in [3.63, 3.8) is 0 Å².